The minimum absolute atomic E-state index is 0.534. The normalized spacial score (nSPS) is 15.1. The summed E-state index contributed by atoms with van der Waals surface area (Å²) in [5.74, 6) is -2.10. The van der Waals surface area contributed by atoms with Crippen LogP contribution in [0.2, 0.25) is 0 Å². The molecule has 4 nitrogen and oxygen atoms in total. The molecule has 0 aliphatic carbocycles. The van der Waals surface area contributed by atoms with Crippen LogP contribution in [0.3, 0.4) is 0 Å². The first-order chi connectivity index (χ1) is 15.6. The third-order valence-corrected chi connectivity index (χ3v) is 10.8. The van der Waals surface area contributed by atoms with Gasteiger partial charge in [-0.2, -0.15) is 0 Å². The second kappa shape index (κ2) is 9.71. The fourth-order valence-corrected chi connectivity index (χ4v) is 9.58. The van der Waals surface area contributed by atoms with Gasteiger partial charge in [-0.25, -0.2) is 0 Å². The van der Waals surface area contributed by atoms with Crippen molar-refractivity contribution < 1.29 is 29.9 Å². The van der Waals surface area contributed by atoms with E-state index < -0.39 is 24.0 Å². The zero-order chi connectivity index (χ0) is 25.6. The van der Waals surface area contributed by atoms with E-state index in [1.54, 1.807) is 0 Å². The van der Waals surface area contributed by atoms with Crippen LogP contribution >= 0.6 is 19.4 Å². The molecule has 2 aromatic rings. The van der Waals surface area contributed by atoms with Gasteiger partial charge < -0.3 is 0 Å². The molecule has 1 heterocycles. The van der Waals surface area contributed by atoms with Crippen LogP contribution < -0.4 is 15.1 Å². The van der Waals surface area contributed by atoms with Crippen LogP contribution in [0.15, 0.2) is 24.3 Å². The maximum atomic E-state index is 12.8. The molecule has 0 aromatic heterocycles. The molecule has 10 heteroatoms. The van der Waals surface area contributed by atoms with Crippen LogP contribution in [0.5, 0.6) is 0 Å². The van der Waals surface area contributed by atoms with E-state index >= 15 is 0 Å². The molecule has 1 aliphatic heterocycles. The number of carbonyl (C=O) groups excluding carboxylic acids is 1. The molecule has 0 bridgehead atoms. The molecular formula is C24H28Cl2F3N3ORu. The number of carbonyl (C=O) groups is 1. The Morgan fingerprint density at radius 2 is 1.21 bits per heavy atom. The predicted octanol–water partition coefficient (Wildman–Crippen LogP) is 5.85. The number of rotatable bonds is 3. The molecule has 0 atom stereocenters. The number of anilines is 2. The van der Waals surface area contributed by atoms with Crippen LogP contribution in [0.4, 0.5) is 24.5 Å². The minimum atomic E-state index is -5.03. The molecule has 1 N–H and O–H groups in total. The third-order valence-electron chi connectivity index (χ3n) is 5.57. The first-order valence-corrected chi connectivity index (χ1v) is 16.9. The van der Waals surface area contributed by atoms with E-state index in [4.69, 9.17) is 19.4 Å². The molecule has 0 unspecified atom stereocenters. The Labute approximate surface area is 208 Å². The number of nitrogens with zero attached hydrogens (tertiary/aromatic N) is 2. The molecule has 1 aliphatic rings. The van der Waals surface area contributed by atoms with E-state index in [-0.39, 0.29) is 0 Å². The fraction of sp³-hybridized carbons (Fsp3) is 0.375. The van der Waals surface area contributed by atoms with Gasteiger partial charge in [-0.05, 0) is 0 Å². The number of halogens is 5. The van der Waals surface area contributed by atoms with Gasteiger partial charge in [0.1, 0.15) is 0 Å². The van der Waals surface area contributed by atoms with Crippen LogP contribution in [0.25, 0.3) is 0 Å². The van der Waals surface area contributed by atoms with Crippen molar-refractivity contribution >= 4 is 45.8 Å². The average Bonchev–Trinajstić information content (AvgIpc) is 3.08. The molecule has 2 aromatic carbocycles. The van der Waals surface area contributed by atoms with E-state index in [2.05, 4.69) is 24.3 Å². The van der Waals surface area contributed by atoms with Gasteiger partial charge in [0.15, 0.2) is 0 Å². The Hall–Kier alpha value is -1.76. The first kappa shape index (κ1) is 26.8. The average molecular weight is 603 g/mol. The molecular weight excluding hydrogens is 575 g/mol. The Bertz CT molecular complexity index is 1160. The summed E-state index contributed by atoms with van der Waals surface area (Å²) in [5.41, 5.74) is 8.10. The number of hydrogen-bond donors (Lipinski definition) is 1. The SMILES string of the molecule is Cc1cc(C)c(N2CCN(c3c(C)cc(C)cc3C)[C]2=[Ru]([Cl])([Cl])=[CH]NC(=O)C(F)(F)F)c(C)c1. The molecule has 1 fully saturated rings. The van der Waals surface area contributed by atoms with Gasteiger partial charge in [0.25, 0.3) is 0 Å². The van der Waals surface area contributed by atoms with E-state index in [1.165, 1.54) is 0 Å². The van der Waals surface area contributed by atoms with Gasteiger partial charge >= 0.3 is 209 Å². The number of alkyl halides is 3. The van der Waals surface area contributed by atoms with Crippen LogP contribution in [0, 0.1) is 41.5 Å². The standard InChI is InChI=1S/C21H26N2.C3H2F3NO.2ClH.Ru/c1-14-9-16(3)20(17(4)10-14)22-7-8-23(13-22)21-18(5)11-15(2)12-19(21)6;1-7-2(8)3(4,5)6;;;/h9-12H,7-8H2,1-6H3;1H,(H,7,8);2*1H;/q;;;;+2/p-2. The van der Waals surface area contributed by atoms with Gasteiger partial charge in [0.2, 0.25) is 0 Å². The number of benzene rings is 2. The van der Waals surface area contributed by atoms with Gasteiger partial charge in [0.05, 0.1) is 0 Å². The zero-order valence-corrected chi connectivity index (χ0v) is 23.1. The molecule has 0 spiro atoms. The summed E-state index contributed by atoms with van der Waals surface area (Å²) in [6, 6.07) is 8.20. The van der Waals surface area contributed by atoms with Gasteiger partial charge in [0, 0.05) is 0 Å². The van der Waals surface area contributed by atoms with Crippen molar-refractivity contribution in [2.24, 2.45) is 0 Å². The van der Waals surface area contributed by atoms with Crippen molar-refractivity contribution in [2.45, 2.75) is 47.7 Å². The van der Waals surface area contributed by atoms with Crippen molar-refractivity contribution in [1.82, 2.24) is 5.32 Å². The molecule has 1 saturated heterocycles. The summed E-state index contributed by atoms with van der Waals surface area (Å²) >= 11 is -4.17. The monoisotopic (exact) mass is 603 g/mol. The molecule has 1 amide bonds. The predicted molar refractivity (Wildman–Crippen MR) is 133 cm³/mol. The van der Waals surface area contributed by atoms with Crippen LogP contribution in [-0.4, -0.2) is 34.3 Å². The van der Waals surface area contributed by atoms with Crippen molar-refractivity contribution in [3.05, 3.63) is 57.6 Å². The summed E-state index contributed by atoms with van der Waals surface area (Å²) in [5, 5.41) is 1.81. The van der Waals surface area contributed by atoms with Gasteiger partial charge in [-0.1, -0.05) is 0 Å². The Kier molecular flexibility index (Phi) is 7.67. The second-order valence-electron chi connectivity index (χ2n) is 8.57. The molecule has 3 rings (SSSR count). The maximum absolute atomic E-state index is 12.8. The molecule has 0 saturated carbocycles. The Morgan fingerprint density at radius 3 is 1.53 bits per heavy atom. The number of amides is 1. The molecule has 34 heavy (non-hydrogen) atoms. The van der Waals surface area contributed by atoms with Crippen LogP contribution in [0.1, 0.15) is 33.4 Å². The van der Waals surface area contributed by atoms with E-state index in [9.17, 15) is 18.0 Å². The fourth-order valence-electron chi connectivity index (χ4n) is 4.62. The summed E-state index contributed by atoms with van der Waals surface area (Å²) < 4.78 is 40.0. The summed E-state index contributed by atoms with van der Waals surface area (Å²) in [4.78, 5) is 15.5. The second-order valence-corrected chi connectivity index (χ2v) is 17.8. The first-order valence-electron chi connectivity index (χ1n) is 10.5. The van der Waals surface area contributed by atoms with Crippen molar-refractivity contribution in [3.63, 3.8) is 0 Å². The summed E-state index contributed by atoms with van der Waals surface area (Å²) in [6.45, 7) is 13.1. The Morgan fingerprint density at radius 1 is 0.853 bits per heavy atom. The quantitative estimate of drug-likeness (QED) is 0.448. The molecule has 0 radical (unpaired) electrons. The Balaban J connectivity index is 2.30. The van der Waals surface area contributed by atoms with Gasteiger partial charge in [-0.3, -0.25) is 0 Å². The number of nitrogens with one attached hydrogen (secondary N) is 1. The van der Waals surface area contributed by atoms with Crippen LogP contribution in [-0.2, 0) is 16.7 Å². The van der Waals surface area contributed by atoms with E-state index in [0.717, 1.165) is 49.5 Å². The topological polar surface area (TPSA) is 35.6 Å². The number of hydrogen-bond acceptors (Lipinski definition) is 3. The summed E-state index contributed by atoms with van der Waals surface area (Å²) in [7, 11) is 13.8. The summed E-state index contributed by atoms with van der Waals surface area (Å²) in [6.07, 6.45) is -5.03. The van der Waals surface area contributed by atoms with Crippen molar-refractivity contribution in [2.75, 3.05) is 22.9 Å². The molecule has 188 valence electrons. The van der Waals surface area contributed by atoms with Crippen molar-refractivity contribution in [3.8, 4) is 0 Å². The van der Waals surface area contributed by atoms with Crippen molar-refractivity contribution in [1.29, 1.82) is 0 Å². The zero-order valence-electron chi connectivity index (χ0n) is 19.8. The van der Waals surface area contributed by atoms with E-state index in [0.29, 0.717) is 17.4 Å². The van der Waals surface area contributed by atoms with E-state index in [1.807, 2.05) is 56.7 Å². The third kappa shape index (κ3) is 5.39. The van der Waals surface area contributed by atoms with Gasteiger partial charge in [-0.15, -0.1) is 0 Å². The number of aryl methyl sites for hydroxylation is 6.